The maximum atomic E-state index is 10.1. The van der Waals surface area contributed by atoms with Crippen molar-refractivity contribution in [3.05, 3.63) is 0 Å². The second-order valence-electron chi connectivity index (χ2n) is 10.4. The molecule has 38 heavy (non-hydrogen) atoms. The summed E-state index contributed by atoms with van der Waals surface area (Å²) in [6.45, 7) is 9.03. The van der Waals surface area contributed by atoms with Gasteiger partial charge in [0.15, 0.2) is 0 Å². The van der Waals surface area contributed by atoms with E-state index in [4.69, 9.17) is 0 Å². The zero-order valence-corrected chi connectivity index (χ0v) is 31.4. The molecule has 0 fully saturated rings. The van der Waals surface area contributed by atoms with Gasteiger partial charge in [-0.15, -0.1) is 0 Å². The van der Waals surface area contributed by atoms with Crippen LogP contribution in [0.5, 0.6) is 0 Å². The fourth-order valence-electron chi connectivity index (χ4n) is 3.89. The van der Waals surface area contributed by atoms with Gasteiger partial charge in [-0.1, -0.05) is 117 Å². The molecular formula is C32H64NaO4Sn+. The first-order chi connectivity index (χ1) is 18.0. The number of carboxylic acids is 2. The zero-order chi connectivity index (χ0) is 28.2. The Labute approximate surface area is 271 Å². The second-order valence-corrected chi connectivity index (χ2v) is 14.6. The van der Waals surface area contributed by atoms with Crippen LogP contribution in [0.3, 0.4) is 0 Å². The van der Waals surface area contributed by atoms with E-state index in [9.17, 15) is 19.8 Å². The largest absolute Gasteiger partial charge is 1.00 e. The molecule has 220 valence electrons. The first-order valence-corrected chi connectivity index (χ1v) is 20.1. The summed E-state index contributed by atoms with van der Waals surface area (Å²) < 4.78 is 3.25. The van der Waals surface area contributed by atoms with Crippen LogP contribution in [0.1, 0.15) is 182 Å². The molecule has 0 aromatic heterocycles. The standard InChI is InChI=1S/2C12H24O2.2C4H9.Na.Sn/c2*1-2-3-4-5-6-7-8-9-10-11-12(13)14;2*1-3-4-2;;/h2*2-11H2,1H3,(H,13,14);2*1,3-4H2,2H3;;/q;;;;+1;+2/p-2. The van der Waals surface area contributed by atoms with Crippen molar-refractivity contribution in [1.29, 1.82) is 0 Å². The maximum absolute atomic E-state index is 10.1. The van der Waals surface area contributed by atoms with Gasteiger partial charge < -0.3 is 19.8 Å². The normalized spacial score (nSPS) is 9.79. The molecule has 0 saturated carbocycles. The first-order valence-electron chi connectivity index (χ1n) is 16.1. The molecule has 0 N–H and O–H groups in total. The van der Waals surface area contributed by atoms with Gasteiger partial charge >= 0.3 is 99.1 Å². The van der Waals surface area contributed by atoms with Crippen LogP contribution < -0.4 is 39.8 Å². The summed E-state index contributed by atoms with van der Waals surface area (Å²) in [5, 5.41) is 20.2. The van der Waals surface area contributed by atoms with Gasteiger partial charge in [0.05, 0.1) is 0 Å². The van der Waals surface area contributed by atoms with Crippen molar-refractivity contribution in [2.45, 2.75) is 191 Å². The minimum Gasteiger partial charge on any atom is 1.00 e. The molecule has 0 saturated heterocycles. The zero-order valence-electron chi connectivity index (χ0n) is 26.5. The Kier molecular flexibility index (Phi) is 53.8. The molecule has 0 aliphatic rings. The van der Waals surface area contributed by atoms with Crippen molar-refractivity contribution in [1.82, 2.24) is 0 Å². The van der Waals surface area contributed by atoms with E-state index >= 15 is 0 Å². The van der Waals surface area contributed by atoms with E-state index in [1.807, 2.05) is 0 Å². The summed E-state index contributed by atoms with van der Waals surface area (Å²) >= 11 is 0.149. The fourth-order valence-corrected chi connectivity index (χ4v) is 8.05. The van der Waals surface area contributed by atoms with Gasteiger partial charge in [-0.2, -0.15) is 0 Å². The average molecular weight is 655 g/mol. The van der Waals surface area contributed by atoms with Crippen molar-refractivity contribution in [2.24, 2.45) is 0 Å². The minimum absolute atomic E-state index is 0. The van der Waals surface area contributed by atoms with Crippen molar-refractivity contribution in [3.8, 4) is 0 Å². The van der Waals surface area contributed by atoms with E-state index in [-0.39, 0.29) is 63.5 Å². The van der Waals surface area contributed by atoms with Crippen LogP contribution in [0, 0.1) is 0 Å². The molecule has 6 heteroatoms. The Balaban J connectivity index is -0.000000231. The summed E-state index contributed by atoms with van der Waals surface area (Å²) in [4.78, 5) is 20.2. The Bertz CT molecular complexity index is 398. The van der Waals surface area contributed by atoms with E-state index in [0.717, 1.165) is 25.7 Å². The topological polar surface area (TPSA) is 80.3 Å². The third-order valence-corrected chi connectivity index (χ3v) is 10.4. The van der Waals surface area contributed by atoms with Crippen LogP contribution >= 0.6 is 0 Å². The van der Waals surface area contributed by atoms with Crippen molar-refractivity contribution >= 4 is 33.1 Å². The Morgan fingerprint density at radius 1 is 0.421 bits per heavy atom. The molecule has 0 bridgehead atoms. The SMILES string of the molecule is CCCCCCCCCCCC(=O)[O-].CCCCCCCCCCCC(=O)[O-].CCC[CH2][Sn+2][CH2]CCC.[Na+]. The Morgan fingerprint density at radius 3 is 0.895 bits per heavy atom. The fraction of sp³-hybridized carbons (Fsp3) is 0.938. The smallest absolute Gasteiger partial charge is 1.00 e. The number of unbranched alkanes of at least 4 members (excludes halogenated alkanes) is 18. The van der Waals surface area contributed by atoms with Gasteiger partial charge in [0.25, 0.3) is 0 Å². The van der Waals surface area contributed by atoms with Gasteiger partial charge in [0, 0.05) is 11.9 Å². The molecule has 0 aliphatic carbocycles. The summed E-state index contributed by atoms with van der Waals surface area (Å²) in [7, 11) is 0. The minimum atomic E-state index is -0.909. The molecular weight excluding hydrogens is 590 g/mol. The molecule has 4 nitrogen and oxygen atoms in total. The second kappa shape index (κ2) is 44.7. The summed E-state index contributed by atoms with van der Waals surface area (Å²) in [5.74, 6) is -1.82. The van der Waals surface area contributed by atoms with Gasteiger partial charge in [-0.3, -0.25) is 0 Å². The van der Waals surface area contributed by atoms with Crippen LogP contribution in [0.15, 0.2) is 0 Å². The van der Waals surface area contributed by atoms with Gasteiger partial charge in [-0.25, -0.2) is 0 Å². The number of rotatable bonds is 26. The molecule has 0 spiro atoms. The van der Waals surface area contributed by atoms with E-state index in [2.05, 4.69) is 27.7 Å². The number of aliphatic carboxylic acids is 2. The summed E-state index contributed by atoms with van der Waals surface area (Å²) in [6.07, 6.45) is 28.2. The van der Waals surface area contributed by atoms with Crippen molar-refractivity contribution in [2.75, 3.05) is 0 Å². The molecule has 0 aromatic carbocycles. The molecule has 0 aromatic rings. The van der Waals surface area contributed by atoms with E-state index in [1.165, 1.54) is 116 Å². The van der Waals surface area contributed by atoms with Crippen LogP contribution in [0.25, 0.3) is 0 Å². The monoisotopic (exact) mass is 655 g/mol. The number of hydrogen-bond acceptors (Lipinski definition) is 4. The predicted molar refractivity (Wildman–Crippen MR) is 159 cm³/mol. The van der Waals surface area contributed by atoms with E-state index in [0.29, 0.717) is 0 Å². The molecule has 0 rings (SSSR count). The van der Waals surface area contributed by atoms with Crippen LogP contribution in [0.4, 0.5) is 0 Å². The number of carboxylic acid groups (broad SMARTS) is 2. The third-order valence-electron chi connectivity index (χ3n) is 6.38. The Hall–Kier alpha value is 0.739. The van der Waals surface area contributed by atoms with Gasteiger partial charge in [0.2, 0.25) is 0 Å². The molecule has 0 amide bonds. The van der Waals surface area contributed by atoms with E-state index < -0.39 is 11.9 Å². The van der Waals surface area contributed by atoms with Crippen molar-refractivity contribution < 1.29 is 49.4 Å². The van der Waals surface area contributed by atoms with E-state index in [1.54, 1.807) is 8.87 Å². The third kappa shape index (κ3) is 56.8. The average Bonchev–Trinajstić information content (AvgIpc) is 2.87. The first kappa shape index (κ1) is 45.7. The van der Waals surface area contributed by atoms with Crippen molar-refractivity contribution in [3.63, 3.8) is 0 Å². The molecule has 0 aliphatic heterocycles. The predicted octanol–water partition coefficient (Wildman–Crippen LogP) is 5.45. The number of carbonyl (C=O) groups is 2. The summed E-state index contributed by atoms with van der Waals surface area (Å²) in [5.41, 5.74) is 0. The van der Waals surface area contributed by atoms with Crippen LogP contribution in [-0.4, -0.2) is 33.1 Å². The molecule has 0 atom stereocenters. The maximum Gasteiger partial charge on any atom is 1.00 e. The van der Waals surface area contributed by atoms with Crippen LogP contribution in [-0.2, 0) is 9.59 Å². The molecule has 0 unspecified atom stereocenters. The number of carbonyl (C=O) groups excluding carboxylic acids is 2. The number of hydrogen-bond donors (Lipinski definition) is 0. The quantitative estimate of drug-likeness (QED) is 0.0919. The molecule has 0 radical (unpaired) electrons. The Morgan fingerprint density at radius 2 is 0.658 bits per heavy atom. The van der Waals surface area contributed by atoms with Gasteiger partial charge in [-0.05, 0) is 25.7 Å². The van der Waals surface area contributed by atoms with Crippen LogP contribution in [0.2, 0.25) is 8.87 Å². The van der Waals surface area contributed by atoms with Gasteiger partial charge in [0.1, 0.15) is 0 Å². The molecule has 0 heterocycles. The summed E-state index contributed by atoms with van der Waals surface area (Å²) in [6, 6.07) is 0.